The Bertz CT molecular complexity index is 487. The van der Waals surface area contributed by atoms with Crippen LogP contribution in [-0.2, 0) is 20.7 Å². The number of carbonyl (C=O) groups excluding carboxylic acids is 1. The molecule has 104 valence electrons. The molecule has 0 aromatic heterocycles. The summed E-state index contributed by atoms with van der Waals surface area (Å²) in [4.78, 5) is 21.8. The van der Waals surface area contributed by atoms with Crippen LogP contribution in [0.3, 0.4) is 0 Å². The number of aliphatic hydroxyl groups excluding tert-OH is 2. The molecular formula is C12H13FO6. The molecule has 0 saturated carbocycles. The smallest absolute Gasteiger partial charge is 0.337 e. The highest BCUT2D eigenvalue weighted by atomic mass is 19.1. The van der Waals surface area contributed by atoms with Gasteiger partial charge in [-0.25, -0.2) is 9.18 Å². The molecule has 1 rings (SSSR count). The standard InChI is InChI=1S/C12H13FO6/c1-19-12(18)11(17)10(16)8-5-7(13)3-2-6(8)4-9(14)15/h2-3,5,10-11,16-17H,4H2,1H3,(H,14,15). The van der Waals surface area contributed by atoms with Crippen LogP contribution in [0, 0.1) is 5.82 Å². The van der Waals surface area contributed by atoms with Gasteiger partial charge in [-0.1, -0.05) is 6.07 Å². The van der Waals surface area contributed by atoms with Gasteiger partial charge in [-0.05, 0) is 23.3 Å². The first-order valence-electron chi connectivity index (χ1n) is 5.31. The Morgan fingerprint density at radius 3 is 2.53 bits per heavy atom. The number of hydrogen-bond acceptors (Lipinski definition) is 5. The van der Waals surface area contributed by atoms with Crippen LogP contribution >= 0.6 is 0 Å². The van der Waals surface area contributed by atoms with Gasteiger partial charge in [0.25, 0.3) is 0 Å². The van der Waals surface area contributed by atoms with Crippen LogP contribution in [-0.4, -0.2) is 40.5 Å². The van der Waals surface area contributed by atoms with Gasteiger partial charge in [0.05, 0.1) is 13.5 Å². The topological polar surface area (TPSA) is 104 Å². The van der Waals surface area contributed by atoms with Crippen LogP contribution in [0.4, 0.5) is 4.39 Å². The van der Waals surface area contributed by atoms with Crippen molar-refractivity contribution in [3.05, 3.63) is 35.1 Å². The van der Waals surface area contributed by atoms with Crippen molar-refractivity contribution in [3.63, 3.8) is 0 Å². The molecule has 2 unspecified atom stereocenters. The van der Waals surface area contributed by atoms with Gasteiger partial charge in [0, 0.05) is 0 Å². The molecule has 0 radical (unpaired) electrons. The molecule has 0 fully saturated rings. The molecule has 0 aliphatic carbocycles. The lowest BCUT2D eigenvalue weighted by molar-refractivity contribution is -0.156. The van der Waals surface area contributed by atoms with Crippen LogP contribution in [0.15, 0.2) is 18.2 Å². The molecular weight excluding hydrogens is 259 g/mol. The number of benzene rings is 1. The van der Waals surface area contributed by atoms with Gasteiger partial charge in [0.1, 0.15) is 11.9 Å². The molecule has 0 heterocycles. The molecule has 0 spiro atoms. The lowest BCUT2D eigenvalue weighted by Crippen LogP contribution is -2.30. The maximum atomic E-state index is 13.1. The van der Waals surface area contributed by atoms with Crippen LogP contribution in [0.25, 0.3) is 0 Å². The van der Waals surface area contributed by atoms with Crippen LogP contribution in [0.5, 0.6) is 0 Å². The summed E-state index contributed by atoms with van der Waals surface area (Å²) in [6.07, 6.45) is -4.16. The second-order valence-electron chi connectivity index (χ2n) is 3.83. The summed E-state index contributed by atoms with van der Waals surface area (Å²) in [6.45, 7) is 0. The predicted octanol–water partition coefficient (Wildman–Crippen LogP) is 0.0201. The molecule has 0 bridgehead atoms. The predicted molar refractivity (Wildman–Crippen MR) is 60.7 cm³/mol. The Morgan fingerprint density at radius 2 is 2.00 bits per heavy atom. The van der Waals surface area contributed by atoms with E-state index in [9.17, 15) is 24.2 Å². The van der Waals surface area contributed by atoms with Crippen LogP contribution in [0.1, 0.15) is 17.2 Å². The molecule has 2 atom stereocenters. The van der Waals surface area contributed by atoms with E-state index in [0.29, 0.717) is 0 Å². The highest BCUT2D eigenvalue weighted by molar-refractivity contribution is 5.76. The van der Waals surface area contributed by atoms with E-state index in [1.54, 1.807) is 0 Å². The number of rotatable bonds is 5. The summed E-state index contributed by atoms with van der Waals surface area (Å²) in [7, 11) is 1.02. The van der Waals surface area contributed by atoms with Gasteiger partial charge < -0.3 is 20.1 Å². The summed E-state index contributed by atoms with van der Waals surface area (Å²) in [5.41, 5.74) is -0.0651. The van der Waals surface area contributed by atoms with Crippen molar-refractivity contribution in [3.8, 4) is 0 Å². The van der Waals surface area contributed by atoms with Crippen molar-refractivity contribution in [2.75, 3.05) is 7.11 Å². The van der Waals surface area contributed by atoms with Crippen LogP contribution in [0.2, 0.25) is 0 Å². The molecule has 1 aromatic rings. The number of halogens is 1. The van der Waals surface area contributed by atoms with Gasteiger partial charge in [0.2, 0.25) is 0 Å². The zero-order valence-corrected chi connectivity index (χ0v) is 10.0. The number of esters is 1. The monoisotopic (exact) mass is 272 g/mol. The fourth-order valence-electron chi connectivity index (χ4n) is 1.58. The summed E-state index contributed by atoms with van der Waals surface area (Å²) in [5.74, 6) is -3.01. The fourth-order valence-corrected chi connectivity index (χ4v) is 1.58. The minimum absolute atomic E-state index is 0.101. The van der Waals surface area contributed by atoms with Gasteiger partial charge in [-0.2, -0.15) is 0 Å². The number of aliphatic carboxylic acids is 1. The second kappa shape index (κ2) is 6.26. The first kappa shape index (κ1) is 15.1. The zero-order chi connectivity index (χ0) is 14.6. The second-order valence-corrected chi connectivity index (χ2v) is 3.83. The molecule has 0 saturated heterocycles. The average molecular weight is 272 g/mol. The first-order valence-corrected chi connectivity index (χ1v) is 5.31. The van der Waals surface area contributed by atoms with E-state index in [2.05, 4.69) is 4.74 Å². The lowest BCUT2D eigenvalue weighted by Gasteiger charge is -2.18. The third-order valence-corrected chi connectivity index (χ3v) is 2.51. The van der Waals surface area contributed by atoms with E-state index >= 15 is 0 Å². The lowest BCUT2D eigenvalue weighted by atomic mass is 9.96. The van der Waals surface area contributed by atoms with Crippen molar-refractivity contribution in [2.45, 2.75) is 18.6 Å². The van der Waals surface area contributed by atoms with Gasteiger partial charge >= 0.3 is 11.9 Å². The molecule has 7 heteroatoms. The Kier molecular flexibility index (Phi) is 4.96. The van der Waals surface area contributed by atoms with E-state index < -0.39 is 36.4 Å². The van der Waals surface area contributed by atoms with E-state index in [0.717, 1.165) is 19.2 Å². The van der Waals surface area contributed by atoms with Gasteiger partial charge in [0.15, 0.2) is 6.10 Å². The summed E-state index contributed by atoms with van der Waals surface area (Å²) >= 11 is 0. The number of aliphatic hydroxyl groups is 2. The normalized spacial score (nSPS) is 13.7. The van der Waals surface area contributed by atoms with Crippen LogP contribution < -0.4 is 0 Å². The zero-order valence-electron chi connectivity index (χ0n) is 10.0. The number of hydrogen-bond donors (Lipinski definition) is 3. The number of carboxylic acids is 1. The van der Waals surface area contributed by atoms with Crippen molar-refractivity contribution in [2.24, 2.45) is 0 Å². The number of carbonyl (C=O) groups is 2. The van der Waals surface area contributed by atoms with E-state index in [-0.39, 0.29) is 11.1 Å². The Labute approximate surface area is 108 Å². The highest BCUT2D eigenvalue weighted by Crippen LogP contribution is 2.23. The number of ether oxygens (including phenoxy) is 1. The van der Waals surface area contributed by atoms with E-state index in [1.807, 2.05) is 0 Å². The molecule has 0 aliphatic rings. The van der Waals surface area contributed by atoms with Gasteiger partial charge in [-0.3, -0.25) is 4.79 Å². The maximum Gasteiger partial charge on any atom is 0.337 e. The first-order chi connectivity index (χ1) is 8.86. The maximum absolute atomic E-state index is 13.1. The molecule has 6 nitrogen and oxygen atoms in total. The van der Waals surface area contributed by atoms with E-state index in [4.69, 9.17) is 5.11 Å². The summed E-state index contributed by atoms with van der Waals surface area (Å²) < 4.78 is 17.4. The van der Waals surface area contributed by atoms with Crippen molar-refractivity contribution in [1.82, 2.24) is 0 Å². The molecule has 3 N–H and O–H groups in total. The Balaban J connectivity index is 3.12. The number of methoxy groups -OCH3 is 1. The summed E-state index contributed by atoms with van der Waals surface area (Å²) in [5, 5.41) is 28.0. The van der Waals surface area contributed by atoms with Crippen molar-refractivity contribution < 1.29 is 34.0 Å². The Morgan fingerprint density at radius 1 is 1.37 bits per heavy atom. The minimum Gasteiger partial charge on any atom is -0.481 e. The fraction of sp³-hybridized carbons (Fsp3) is 0.333. The third-order valence-electron chi connectivity index (χ3n) is 2.51. The largest absolute Gasteiger partial charge is 0.481 e. The molecule has 1 aromatic carbocycles. The molecule has 19 heavy (non-hydrogen) atoms. The quantitative estimate of drug-likeness (QED) is 0.653. The SMILES string of the molecule is COC(=O)C(O)C(O)c1cc(F)ccc1CC(=O)O. The van der Waals surface area contributed by atoms with Gasteiger partial charge in [-0.15, -0.1) is 0 Å². The molecule has 0 aliphatic heterocycles. The van der Waals surface area contributed by atoms with Crippen molar-refractivity contribution in [1.29, 1.82) is 0 Å². The van der Waals surface area contributed by atoms with E-state index in [1.165, 1.54) is 6.07 Å². The minimum atomic E-state index is -1.92. The van der Waals surface area contributed by atoms with Crippen molar-refractivity contribution >= 4 is 11.9 Å². The summed E-state index contributed by atoms with van der Waals surface area (Å²) in [6, 6.07) is 3.07. The Hall–Kier alpha value is -1.99. The average Bonchev–Trinajstić information content (AvgIpc) is 2.37. The highest BCUT2D eigenvalue weighted by Gasteiger charge is 2.28. The third kappa shape index (κ3) is 3.73. The molecule has 0 amide bonds. The number of carboxylic acid groups (broad SMARTS) is 1.